The van der Waals surface area contributed by atoms with Gasteiger partial charge in [-0.05, 0) is 18.1 Å². The minimum atomic E-state index is -0.132. The Hall–Kier alpha value is -1.62. The van der Waals surface area contributed by atoms with Gasteiger partial charge in [-0.15, -0.1) is 0 Å². The van der Waals surface area contributed by atoms with Crippen molar-refractivity contribution in [1.82, 2.24) is 15.5 Å². The first kappa shape index (κ1) is 12.8. The van der Waals surface area contributed by atoms with E-state index in [0.29, 0.717) is 11.0 Å². The maximum Gasteiger partial charge on any atom is 0.269 e. The number of halogens is 1. The fourth-order valence-electron chi connectivity index (χ4n) is 1.69. The van der Waals surface area contributed by atoms with E-state index in [-0.39, 0.29) is 11.9 Å². The van der Waals surface area contributed by atoms with E-state index >= 15 is 0 Å². The van der Waals surface area contributed by atoms with Crippen molar-refractivity contribution in [3.05, 3.63) is 53.9 Å². The van der Waals surface area contributed by atoms with Crippen molar-refractivity contribution in [2.24, 2.45) is 0 Å². The number of nitrogens with one attached hydrogen (secondary N) is 2. The maximum atomic E-state index is 11.9. The molecular formula is C13H14BrN3O. The number of H-pyrrole nitrogens is 1. The molecule has 2 N–H and O–H groups in total. The molecule has 94 valence electrons. The van der Waals surface area contributed by atoms with Crippen molar-refractivity contribution >= 4 is 21.8 Å². The molecule has 1 unspecified atom stereocenters. The van der Waals surface area contributed by atoms with Gasteiger partial charge >= 0.3 is 0 Å². The predicted molar refractivity (Wildman–Crippen MR) is 73.8 cm³/mol. The van der Waals surface area contributed by atoms with Crippen LogP contribution in [-0.2, 0) is 6.42 Å². The predicted octanol–water partition coefficient (Wildman–Crippen LogP) is 2.15. The maximum absolute atomic E-state index is 11.9. The number of alkyl halides is 1. The van der Waals surface area contributed by atoms with Gasteiger partial charge in [0.15, 0.2) is 0 Å². The fraction of sp³-hybridized carbons (Fsp3) is 0.231. The number of hydrogen-bond acceptors (Lipinski definition) is 2. The van der Waals surface area contributed by atoms with Gasteiger partial charge in [-0.2, -0.15) is 5.10 Å². The third-order valence-corrected chi connectivity index (χ3v) is 3.37. The molecule has 18 heavy (non-hydrogen) atoms. The Labute approximate surface area is 114 Å². The molecule has 5 heteroatoms. The summed E-state index contributed by atoms with van der Waals surface area (Å²) in [5.74, 6) is -0.132. The van der Waals surface area contributed by atoms with Gasteiger partial charge in [0.1, 0.15) is 5.69 Å². The molecule has 1 atom stereocenters. The van der Waals surface area contributed by atoms with Gasteiger partial charge in [-0.25, -0.2) is 0 Å². The zero-order chi connectivity index (χ0) is 12.8. The van der Waals surface area contributed by atoms with Crippen molar-refractivity contribution in [1.29, 1.82) is 0 Å². The van der Waals surface area contributed by atoms with Crippen LogP contribution in [0.2, 0.25) is 0 Å². The molecule has 0 fully saturated rings. The van der Waals surface area contributed by atoms with Gasteiger partial charge < -0.3 is 5.32 Å². The van der Waals surface area contributed by atoms with Gasteiger partial charge in [0.2, 0.25) is 0 Å². The van der Waals surface area contributed by atoms with Crippen LogP contribution in [0.5, 0.6) is 0 Å². The lowest BCUT2D eigenvalue weighted by atomic mass is 10.1. The average Bonchev–Trinajstić information content (AvgIpc) is 2.93. The Morgan fingerprint density at radius 3 is 2.72 bits per heavy atom. The molecule has 2 aromatic rings. The van der Waals surface area contributed by atoms with E-state index in [1.165, 1.54) is 5.56 Å². The van der Waals surface area contributed by atoms with Crippen LogP contribution in [-0.4, -0.2) is 27.5 Å². The van der Waals surface area contributed by atoms with E-state index in [1.54, 1.807) is 12.3 Å². The zero-order valence-corrected chi connectivity index (χ0v) is 11.4. The number of hydrogen-bond donors (Lipinski definition) is 2. The first-order valence-corrected chi connectivity index (χ1v) is 6.82. The number of carbonyl (C=O) groups is 1. The molecule has 4 nitrogen and oxygen atoms in total. The van der Waals surface area contributed by atoms with Crippen LogP contribution in [0.1, 0.15) is 16.1 Å². The second-order valence-corrected chi connectivity index (χ2v) is 4.63. The summed E-state index contributed by atoms with van der Waals surface area (Å²) >= 11 is 3.42. The molecule has 0 aliphatic carbocycles. The van der Waals surface area contributed by atoms with Crippen LogP contribution in [0.3, 0.4) is 0 Å². The molecule has 1 amide bonds. The molecular weight excluding hydrogens is 294 g/mol. The van der Waals surface area contributed by atoms with Crippen LogP contribution in [0.15, 0.2) is 42.6 Å². The van der Waals surface area contributed by atoms with Crippen LogP contribution >= 0.6 is 15.9 Å². The topological polar surface area (TPSA) is 57.8 Å². The summed E-state index contributed by atoms with van der Waals surface area (Å²) in [6, 6.07) is 11.8. The molecule has 2 rings (SSSR count). The largest absolute Gasteiger partial charge is 0.347 e. The number of benzene rings is 1. The van der Waals surface area contributed by atoms with Crippen molar-refractivity contribution in [3.63, 3.8) is 0 Å². The Morgan fingerprint density at radius 1 is 1.33 bits per heavy atom. The van der Waals surface area contributed by atoms with Crippen molar-refractivity contribution in [2.45, 2.75) is 12.5 Å². The molecule has 0 radical (unpaired) electrons. The lowest BCUT2D eigenvalue weighted by Gasteiger charge is -2.15. The second kappa shape index (κ2) is 6.35. The summed E-state index contributed by atoms with van der Waals surface area (Å²) in [6.07, 6.45) is 2.36. The quantitative estimate of drug-likeness (QED) is 0.832. The normalized spacial score (nSPS) is 12.1. The van der Waals surface area contributed by atoms with Gasteiger partial charge in [-0.3, -0.25) is 9.89 Å². The fourth-order valence-corrected chi connectivity index (χ4v) is 2.08. The number of rotatable bonds is 5. The molecule has 0 aliphatic heterocycles. The molecule has 0 saturated carbocycles. The van der Waals surface area contributed by atoms with Gasteiger partial charge in [0.25, 0.3) is 5.91 Å². The lowest BCUT2D eigenvalue weighted by molar-refractivity contribution is 0.0936. The zero-order valence-electron chi connectivity index (χ0n) is 9.77. The highest BCUT2D eigenvalue weighted by Gasteiger charge is 2.13. The summed E-state index contributed by atoms with van der Waals surface area (Å²) in [6.45, 7) is 0. The summed E-state index contributed by atoms with van der Waals surface area (Å²) in [5.41, 5.74) is 1.68. The molecule has 0 aliphatic rings. The molecule has 0 spiro atoms. The van der Waals surface area contributed by atoms with Gasteiger partial charge in [-0.1, -0.05) is 46.3 Å². The Morgan fingerprint density at radius 2 is 2.11 bits per heavy atom. The van der Waals surface area contributed by atoms with Crippen LogP contribution in [0.4, 0.5) is 0 Å². The minimum absolute atomic E-state index is 0.0585. The monoisotopic (exact) mass is 307 g/mol. The first-order chi connectivity index (χ1) is 8.79. The van der Waals surface area contributed by atoms with Crippen LogP contribution in [0, 0.1) is 0 Å². The summed E-state index contributed by atoms with van der Waals surface area (Å²) in [5, 5.41) is 10.1. The minimum Gasteiger partial charge on any atom is -0.347 e. The van der Waals surface area contributed by atoms with Gasteiger partial charge in [0.05, 0.1) is 0 Å². The molecule has 0 saturated heterocycles. The third-order valence-electron chi connectivity index (χ3n) is 2.59. The van der Waals surface area contributed by atoms with E-state index in [2.05, 4.69) is 43.6 Å². The number of carbonyl (C=O) groups excluding carboxylic acids is 1. The molecule has 1 heterocycles. The smallest absolute Gasteiger partial charge is 0.269 e. The van der Waals surface area contributed by atoms with E-state index in [9.17, 15) is 4.79 Å². The Balaban J connectivity index is 1.96. The standard InChI is InChI=1S/C13H14BrN3O/c14-9-11(8-10-4-2-1-3-5-10)16-13(18)12-6-7-15-17-12/h1-7,11H,8-9H2,(H,15,17)(H,16,18). The van der Waals surface area contributed by atoms with E-state index in [0.717, 1.165) is 6.42 Å². The SMILES string of the molecule is O=C(NC(CBr)Cc1ccccc1)c1ccn[nH]1. The number of aromatic amines is 1. The van der Waals surface area contributed by atoms with Crippen molar-refractivity contribution in [3.8, 4) is 0 Å². The van der Waals surface area contributed by atoms with Crippen LogP contribution in [0.25, 0.3) is 0 Å². The van der Waals surface area contributed by atoms with E-state index in [1.807, 2.05) is 18.2 Å². The number of nitrogens with zero attached hydrogens (tertiary/aromatic N) is 1. The number of aromatic nitrogens is 2. The van der Waals surface area contributed by atoms with Crippen molar-refractivity contribution < 1.29 is 4.79 Å². The second-order valence-electron chi connectivity index (χ2n) is 3.98. The van der Waals surface area contributed by atoms with E-state index in [4.69, 9.17) is 0 Å². The highest BCUT2D eigenvalue weighted by atomic mass is 79.9. The third kappa shape index (κ3) is 3.43. The summed E-state index contributed by atoms with van der Waals surface area (Å²) < 4.78 is 0. The van der Waals surface area contributed by atoms with Gasteiger partial charge in [0, 0.05) is 17.6 Å². The van der Waals surface area contributed by atoms with Crippen molar-refractivity contribution in [2.75, 3.05) is 5.33 Å². The Bertz CT molecular complexity index is 484. The number of amides is 1. The summed E-state index contributed by atoms with van der Waals surface area (Å²) in [4.78, 5) is 11.9. The molecule has 1 aromatic carbocycles. The Kier molecular flexibility index (Phi) is 4.52. The average molecular weight is 308 g/mol. The molecule has 0 bridgehead atoms. The summed E-state index contributed by atoms with van der Waals surface area (Å²) in [7, 11) is 0. The van der Waals surface area contributed by atoms with Crippen LogP contribution < -0.4 is 5.32 Å². The highest BCUT2D eigenvalue weighted by Crippen LogP contribution is 2.06. The van der Waals surface area contributed by atoms with E-state index < -0.39 is 0 Å². The first-order valence-electron chi connectivity index (χ1n) is 5.69. The molecule has 1 aromatic heterocycles. The lowest BCUT2D eigenvalue weighted by Crippen LogP contribution is -2.37. The highest BCUT2D eigenvalue weighted by molar-refractivity contribution is 9.09.